The van der Waals surface area contributed by atoms with Crippen molar-refractivity contribution in [1.82, 2.24) is 19.6 Å². The molecule has 2 fully saturated rings. The molecule has 0 radical (unpaired) electrons. The maximum Gasteiger partial charge on any atom is 0.254 e. The molecule has 2 aliphatic rings. The lowest BCUT2D eigenvalue weighted by atomic mass is 9.91. The fourth-order valence-electron chi connectivity index (χ4n) is 5.82. The Hall–Kier alpha value is -3.85. The highest BCUT2D eigenvalue weighted by Gasteiger charge is 2.28. The zero-order valence-corrected chi connectivity index (χ0v) is 24.5. The zero-order chi connectivity index (χ0) is 28.8. The smallest absolute Gasteiger partial charge is 0.254 e. The van der Waals surface area contributed by atoms with Crippen molar-refractivity contribution in [2.75, 3.05) is 36.5 Å². The largest absolute Gasteiger partial charge is 0.439 e. The lowest BCUT2D eigenvalue weighted by molar-refractivity contribution is -0.427. The predicted molar refractivity (Wildman–Crippen MR) is 161 cm³/mol. The van der Waals surface area contributed by atoms with E-state index in [9.17, 15) is 9.59 Å². The first kappa shape index (κ1) is 27.0. The third kappa shape index (κ3) is 4.93. The number of anilines is 2. The molecule has 12 nitrogen and oxygen atoms in total. The van der Waals surface area contributed by atoms with Gasteiger partial charge in [0.15, 0.2) is 17.1 Å². The molecule has 5 aromatic rings. The number of carbonyl (C=O) groups is 1. The van der Waals surface area contributed by atoms with Crippen molar-refractivity contribution < 1.29 is 19.7 Å². The molecule has 1 saturated heterocycles. The molecule has 7 rings (SSSR count). The van der Waals surface area contributed by atoms with Gasteiger partial charge in [-0.3, -0.25) is 14.0 Å². The molecule has 6 N–H and O–H groups in total. The van der Waals surface area contributed by atoms with Gasteiger partial charge in [0, 0.05) is 47.8 Å². The lowest BCUT2D eigenvalue weighted by Crippen LogP contribution is -2.68. The average molecular weight is 608 g/mol. The summed E-state index contributed by atoms with van der Waals surface area (Å²) in [6.07, 6.45) is 6.27. The number of amides is 1. The topological polar surface area (TPSA) is 169 Å². The standard InChI is InChI=1S/C28H30N8O4S2/c29-17-3-1-2-4-18(17)32-28-33-19(23(26(30)38)27-34-31-14-36(27)28)9-15-10-21(41-12-15)16-13-42-25-20(37)11-22(40-24(16)25)35-5-7-39-8-6-35/h10-14,17-18H,1-9,29H2,(H2,30,38)(H,32,33)/p+1/t17-,18+/m1/s1. The molecule has 0 spiro atoms. The highest BCUT2D eigenvalue weighted by Crippen LogP contribution is 2.38. The molecule has 5 aromatic heterocycles. The normalized spacial score (nSPS) is 19.5. The molecule has 1 saturated carbocycles. The van der Waals surface area contributed by atoms with Crippen molar-refractivity contribution in [2.24, 2.45) is 5.73 Å². The van der Waals surface area contributed by atoms with Crippen LogP contribution in [0.4, 0.5) is 11.8 Å². The van der Waals surface area contributed by atoms with Crippen LogP contribution in [0.3, 0.4) is 0 Å². The Morgan fingerprint density at radius 2 is 2.00 bits per heavy atom. The molecular formula is C28H31N8O4S2+. The molecule has 0 bridgehead atoms. The van der Waals surface area contributed by atoms with Gasteiger partial charge in [-0.25, -0.2) is 4.98 Å². The summed E-state index contributed by atoms with van der Waals surface area (Å²) in [5, 5.41) is 15.8. The van der Waals surface area contributed by atoms with E-state index < -0.39 is 5.91 Å². The number of rotatable bonds is 7. The molecular weight excluding hydrogens is 576 g/mol. The second-order valence-electron chi connectivity index (χ2n) is 10.8. The molecule has 2 atom stereocenters. The molecule has 1 amide bonds. The quantitative estimate of drug-likeness (QED) is 0.252. The lowest BCUT2D eigenvalue weighted by Gasteiger charge is -2.27. The van der Waals surface area contributed by atoms with Crippen molar-refractivity contribution in [3.05, 3.63) is 56.3 Å². The summed E-state index contributed by atoms with van der Waals surface area (Å²) in [5.41, 5.74) is 13.7. The number of carbonyl (C=O) groups excluding carboxylic acids is 1. The first-order valence-electron chi connectivity index (χ1n) is 14.0. The first-order valence-corrected chi connectivity index (χ1v) is 15.8. The Labute approximate surface area is 248 Å². The van der Waals surface area contributed by atoms with Crippen LogP contribution in [-0.4, -0.2) is 63.9 Å². The van der Waals surface area contributed by atoms with Gasteiger partial charge in [0.2, 0.25) is 11.4 Å². The van der Waals surface area contributed by atoms with E-state index in [1.807, 2.05) is 21.7 Å². The van der Waals surface area contributed by atoms with E-state index in [-0.39, 0.29) is 23.1 Å². The van der Waals surface area contributed by atoms with Crippen LogP contribution in [0.15, 0.2) is 38.4 Å². The second-order valence-corrected chi connectivity index (χ2v) is 12.6. The summed E-state index contributed by atoms with van der Waals surface area (Å²) in [4.78, 5) is 33.5. The molecule has 218 valence electrons. The van der Waals surface area contributed by atoms with Gasteiger partial charge < -0.3 is 30.8 Å². The van der Waals surface area contributed by atoms with E-state index in [4.69, 9.17) is 19.9 Å². The Kier molecular flexibility index (Phi) is 7.14. The van der Waals surface area contributed by atoms with Crippen molar-refractivity contribution in [3.63, 3.8) is 0 Å². The monoisotopic (exact) mass is 607 g/mol. The Balaban J connectivity index is 1.23. The SMILES string of the molecule is NC(=O)c1c(Cc2csc(-c3csc4c(=O)cc(N5CCOCC5)oc34)c2)nc(N[C@H]2CCCC[C@H]2[NH3+])n2cnnc12. The number of aromatic nitrogens is 4. The van der Waals surface area contributed by atoms with Gasteiger partial charge in [0.1, 0.15) is 22.6 Å². The Bertz CT molecular complexity index is 1840. The van der Waals surface area contributed by atoms with Gasteiger partial charge in [-0.15, -0.1) is 32.9 Å². The van der Waals surface area contributed by atoms with E-state index in [0.29, 0.717) is 66.2 Å². The van der Waals surface area contributed by atoms with Crippen molar-refractivity contribution in [3.8, 4) is 10.4 Å². The van der Waals surface area contributed by atoms with E-state index >= 15 is 0 Å². The van der Waals surface area contributed by atoms with E-state index in [1.165, 1.54) is 17.8 Å². The molecule has 6 heterocycles. The first-order chi connectivity index (χ1) is 20.5. The van der Waals surface area contributed by atoms with Crippen molar-refractivity contribution in [1.29, 1.82) is 0 Å². The molecule has 0 unspecified atom stereocenters. The van der Waals surface area contributed by atoms with E-state index in [0.717, 1.165) is 35.3 Å². The number of nitrogens with zero attached hydrogens (tertiary/aromatic N) is 5. The van der Waals surface area contributed by atoms with Gasteiger partial charge in [-0.05, 0) is 29.9 Å². The number of nitrogens with one attached hydrogen (secondary N) is 1. The number of thiophene rings is 2. The average Bonchev–Trinajstić information content (AvgIpc) is 3.75. The minimum absolute atomic E-state index is 0.0507. The summed E-state index contributed by atoms with van der Waals surface area (Å²) in [6.45, 7) is 2.55. The number of primary amides is 1. The van der Waals surface area contributed by atoms with E-state index in [1.54, 1.807) is 28.1 Å². The Morgan fingerprint density at radius 3 is 2.81 bits per heavy atom. The van der Waals surface area contributed by atoms with Crippen LogP contribution in [0.25, 0.3) is 26.4 Å². The summed E-state index contributed by atoms with van der Waals surface area (Å²) in [6, 6.07) is 4.05. The Morgan fingerprint density at radius 1 is 1.17 bits per heavy atom. The highest BCUT2D eigenvalue weighted by atomic mass is 32.1. The summed E-state index contributed by atoms with van der Waals surface area (Å²) >= 11 is 2.93. The molecule has 14 heteroatoms. The van der Waals surface area contributed by atoms with Crippen LogP contribution in [0, 0.1) is 0 Å². The van der Waals surface area contributed by atoms with Crippen LogP contribution in [-0.2, 0) is 11.2 Å². The number of fused-ring (bicyclic) bond motifs is 2. The second kappa shape index (κ2) is 11.1. The van der Waals surface area contributed by atoms with Gasteiger partial charge in [0.25, 0.3) is 5.91 Å². The van der Waals surface area contributed by atoms with Gasteiger partial charge in [-0.1, -0.05) is 6.42 Å². The number of quaternary nitrogens is 1. The maximum atomic E-state index is 12.9. The number of morpholine rings is 1. The van der Waals surface area contributed by atoms with Gasteiger partial charge >= 0.3 is 0 Å². The van der Waals surface area contributed by atoms with Crippen LogP contribution < -0.4 is 27.1 Å². The highest BCUT2D eigenvalue weighted by molar-refractivity contribution is 7.18. The zero-order valence-electron chi connectivity index (χ0n) is 22.9. The minimum Gasteiger partial charge on any atom is -0.439 e. The number of hydrogen-bond donors (Lipinski definition) is 3. The maximum absolute atomic E-state index is 12.9. The summed E-state index contributed by atoms with van der Waals surface area (Å²) in [5.74, 6) is 0.533. The van der Waals surface area contributed by atoms with Crippen LogP contribution >= 0.6 is 22.7 Å². The van der Waals surface area contributed by atoms with Gasteiger partial charge in [0.05, 0.1) is 24.9 Å². The molecule has 0 aromatic carbocycles. The predicted octanol–water partition coefficient (Wildman–Crippen LogP) is 2.51. The third-order valence-corrected chi connectivity index (χ3v) is 10.0. The fraction of sp³-hybridized carbons (Fsp3) is 0.393. The van der Waals surface area contributed by atoms with Crippen LogP contribution in [0.5, 0.6) is 0 Å². The van der Waals surface area contributed by atoms with Crippen molar-refractivity contribution in [2.45, 2.75) is 44.2 Å². The van der Waals surface area contributed by atoms with Crippen LogP contribution in [0.1, 0.15) is 47.3 Å². The minimum atomic E-state index is -0.605. The van der Waals surface area contributed by atoms with Gasteiger partial charge in [-0.2, -0.15) is 0 Å². The van der Waals surface area contributed by atoms with Crippen LogP contribution in [0.2, 0.25) is 0 Å². The third-order valence-electron chi connectivity index (χ3n) is 8.04. The number of nitrogens with two attached hydrogens (primary N) is 1. The molecule has 42 heavy (non-hydrogen) atoms. The molecule has 1 aliphatic heterocycles. The molecule has 1 aliphatic carbocycles. The fourth-order valence-corrected chi connectivity index (χ4v) is 7.72. The number of ether oxygens (including phenoxy) is 1. The summed E-state index contributed by atoms with van der Waals surface area (Å²) in [7, 11) is 0. The number of hydrogen-bond acceptors (Lipinski definition) is 11. The van der Waals surface area contributed by atoms with E-state index in [2.05, 4.69) is 21.2 Å². The van der Waals surface area contributed by atoms with Crippen molar-refractivity contribution >= 4 is 56.3 Å². The summed E-state index contributed by atoms with van der Waals surface area (Å²) < 4.78 is 14.0.